The lowest BCUT2D eigenvalue weighted by molar-refractivity contribution is -0.143. The number of allylic oxidation sites excluding steroid dienone is 1. The maximum absolute atomic E-state index is 14.1. The van der Waals surface area contributed by atoms with Gasteiger partial charge in [0.1, 0.15) is 11.4 Å². The van der Waals surface area contributed by atoms with E-state index in [-0.39, 0.29) is 39.6 Å². The summed E-state index contributed by atoms with van der Waals surface area (Å²) in [6, 6.07) is 0. The second-order valence-electron chi connectivity index (χ2n) is 15.2. The van der Waals surface area contributed by atoms with Gasteiger partial charge in [-0.1, -0.05) is 34.1 Å². The molecule has 4 fully saturated rings. The van der Waals surface area contributed by atoms with E-state index in [1.54, 1.807) is 9.80 Å². The summed E-state index contributed by atoms with van der Waals surface area (Å²) >= 11 is 0. The van der Waals surface area contributed by atoms with Crippen molar-refractivity contribution in [2.45, 2.75) is 91.4 Å². The molecular formula is C31H48N2O6S. The molecule has 0 aromatic carbocycles. The van der Waals surface area contributed by atoms with E-state index in [0.717, 1.165) is 32.1 Å². The third-order valence-electron chi connectivity index (χ3n) is 11.1. The monoisotopic (exact) mass is 576 g/mol. The average Bonchev–Trinajstić information content (AvgIpc) is 2.83. The lowest BCUT2D eigenvalue weighted by Crippen LogP contribution is -2.65. The highest BCUT2D eigenvalue weighted by Crippen LogP contribution is 2.69. The molecule has 3 aliphatic carbocycles. The molecular weight excluding hydrogens is 528 g/mol. The highest BCUT2D eigenvalue weighted by molar-refractivity contribution is 7.92. The number of nitrogens with zero attached hydrogens (tertiary/aromatic N) is 2. The van der Waals surface area contributed by atoms with Crippen molar-refractivity contribution in [3.05, 3.63) is 23.5 Å². The van der Waals surface area contributed by atoms with E-state index < -0.39 is 32.7 Å². The predicted octanol–water partition coefficient (Wildman–Crippen LogP) is 5.11. The van der Waals surface area contributed by atoms with Gasteiger partial charge in [-0.3, -0.25) is 4.79 Å². The zero-order valence-corrected chi connectivity index (χ0v) is 26.1. The first kappa shape index (κ1) is 29.5. The summed E-state index contributed by atoms with van der Waals surface area (Å²) in [5.74, 6) is -0.402. The molecule has 40 heavy (non-hydrogen) atoms. The fraction of sp³-hybridized carbons (Fsp3) is 0.806. The Bertz CT molecular complexity index is 1240. The summed E-state index contributed by atoms with van der Waals surface area (Å²) in [5.41, 5.74) is -0.544. The second kappa shape index (κ2) is 9.50. The van der Waals surface area contributed by atoms with Gasteiger partial charge in [0.25, 0.3) is 0 Å². The van der Waals surface area contributed by atoms with E-state index in [4.69, 9.17) is 4.74 Å². The summed E-state index contributed by atoms with van der Waals surface area (Å²) < 4.78 is 33.4. The summed E-state index contributed by atoms with van der Waals surface area (Å²) in [7, 11) is -3.60. The summed E-state index contributed by atoms with van der Waals surface area (Å²) in [6.07, 6.45) is 7.73. The van der Waals surface area contributed by atoms with Gasteiger partial charge in [-0.15, -0.1) is 0 Å². The van der Waals surface area contributed by atoms with Crippen LogP contribution in [0.15, 0.2) is 23.5 Å². The minimum absolute atomic E-state index is 0.0570. The van der Waals surface area contributed by atoms with Crippen molar-refractivity contribution in [3.63, 3.8) is 0 Å². The van der Waals surface area contributed by atoms with Crippen molar-refractivity contribution in [1.82, 2.24) is 9.80 Å². The number of rotatable bonds is 1. The minimum atomic E-state index is -3.60. The Balaban J connectivity index is 1.45. The number of ether oxygens (including phenoxy) is 1. The van der Waals surface area contributed by atoms with Gasteiger partial charge in [-0.2, -0.15) is 0 Å². The smallest absolute Gasteiger partial charge is 0.410 e. The quantitative estimate of drug-likeness (QED) is 0.465. The van der Waals surface area contributed by atoms with E-state index in [1.807, 2.05) is 20.8 Å². The van der Waals surface area contributed by atoms with Gasteiger partial charge in [-0.25, -0.2) is 13.2 Å². The van der Waals surface area contributed by atoms with Gasteiger partial charge in [0.15, 0.2) is 9.84 Å². The van der Waals surface area contributed by atoms with E-state index in [2.05, 4.69) is 27.7 Å². The SMILES string of the molecule is CC(C)(C)OC(=O)N1CCN(C(=O)C2=CC(O)=CC3C2[C@]2(C)CC[C@H]4C(C)(C)CCC[C@]4(C)[C@H]2CS3(=O)=O)CC1. The van der Waals surface area contributed by atoms with Crippen molar-refractivity contribution in [1.29, 1.82) is 0 Å². The molecule has 0 bridgehead atoms. The van der Waals surface area contributed by atoms with Crippen LogP contribution < -0.4 is 0 Å². The number of fused-ring (bicyclic) bond motifs is 5. The summed E-state index contributed by atoms with van der Waals surface area (Å²) in [5, 5.41) is 9.78. The van der Waals surface area contributed by atoms with Crippen LogP contribution in [-0.2, 0) is 19.4 Å². The number of hydrogen-bond donors (Lipinski definition) is 1. The Morgan fingerprint density at radius 2 is 1.57 bits per heavy atom. The van der Waals surface area contributed by atoms with Gasteiger partial charge in [0, 0.05) is 37.7 Å². The number of aliphatic hydroxyl groups excluding tert-OH is 1. The topological polar surface area (TPSA) is 104 Å². The molecule has 5 rings (SSSR count). The maximum atomic E-state index is 14.1. The second-order valence-corrected chi connectivity index (χ2v) is 17.4. The van der Waals surface area contributed by atoms with Crippen molar-refractivity contribution >= 4 is 21.8 Å². The molecule has 0 aromatic heterocycles. The van der Waals surface area contributed by atoms with E-state index in [9.17, 15) is 23.1 Å². The molecule has 0 radical (unpaired) electrons. The third kappa shape index (κ3) is 4.78. The normalized spacial score (nSPS) is 38.7. The van der Waals surface area contributed by atoms with Crippen LogP contribution in [0.4, 0.5) is 4.79 Å². The largest absolute Gasteiger partial charge is 0.508 e. The number of hydrogen-bond acceptors (Lipinski definition) is 6. The number of sulfone groups is 1. The molecule has 224 valence electrons. The van der Waals surface area contributed by atoms with E-state index in [0.29, 0.717) is 37.7 Å². The highest BCUT2D eigenvalue weighted by atomic mass is 32.2. The fourth-order valence-corrected chi connectivity index (χ4v) is 12.0. The third-order valence-corrected chi connectivity index (χ3v) is 13.2. The molecule has 9 heteroatoms. The Hall–Kier alpha value is -2.03. The molecule has 5 aliphatic rings. The molecule has 2 saturated heterocycles. The van der Waals surface area contributed by atoms with Crippen molar-refractivity contribution in [3.8, 4) is 0 Å². The molecule has 2 unspecified atom stereocenters. The molecule has 2 amide bonds. The average molecular weight is 577 g/mol. The van der Waals surface area contributed by atoms with Gasteiger partial charge in [0.2, 0.25) is 5.91 Å². The van der Waals surface area contributed by atoms with Gasteiger partial charge in [-0.05, 0) is 86.7 Å². The molecule has 1 N–H and O–H groups in total. The molecule has 2 heterocycles. The number of carbonyl (C=O) groups is 2. The molecule has 6 atom stereocenters. The Morgan fingerprint density at radius 1 is 0.950 bits per heavy atom. The van der Waals surface area contributed by atoms with Crippen LogP contribution in [0.1, 0.15) is 80.6 Å². The van der Waals surface area contributed by atoms with Gasteiger partial charge < -0.3 is 19.6 Å². The van der Waals surface area contributed by atoms with Crippen LogP contribution in [0.3, 0.4) is 0 Å². The zero-order chi connectivity index (χ0) is 29.5. The lowest BCUT2D eigenvalue weighted by Gasteiger charge is -2.66. The summed E-state index contributed by atoms with van der Waals surface area (Å²) in [6.45, 7) is 16.0. The Morgan fingerprint density at radius 3 is 2.20 bits per heavy atom. The van der Waals surface area contributed by atoms with Crippen molar-refractivity contribution < 1.29 is 27.9 Å². The van der Waals surface area contributed by atoms with Crippen LogP contribution in [0, 0.1) is 34.0 Å². The van der Waals surface area contributed by atoms with Crippen LogP contribution in [0.2, 0.25) is 0 Å². The molecule has 2 saturated carbocycles. The zero-order valence-electron chi connectivity index (χ0n) is 25.3. The van der Waals surface area contributed by atoms with E-state index >= 15 is 0 Å². The van der Waals surface area contributed by atoms with Crippen LogP contribution >= 0.6 is 0 Å². The highest BCUT2D eigenvalue weighted by Gasteiger charge is 2.66. The standard InChI is InChI=1S/C31H48N2O6S/c1-28(2,3)39-27(36)33-15-13-32(14-16-33)26(35)21-17-20(34)18-22-25(21)31(7)12-9-23-29(4,5)10-8-11-30(23,6)24(31)19-40(22,37)38/h17-18,22-25,34H,8-16,19H2,1-7H3/t22?,23-,24+,25?,30-,31+/m0/s1. The molecule has 0 aromatic rings. The first-order valence-electron chi connectivity index (χ1n) is 15.0. The number of aliphatic hydroxyl groups is 1. The molecule has 0 spiro atoms. The first-order chi connectivity index (χ1) is 18.4. The van der Waals surface area contributed by atoms with Crippen molar-refractivity contribution in [2.75, 3.05) is 31.9 Å². The maximum Gasteiger partial charge on any atom is 0.410 e. The number of carbonyl (C=O) groups excluding carboxylic acids is 2. The molecule has 2 aliphatic heterocycles. The Labute approximate surface area is 240 Å². The predicted molar refractivity (Wildman–Crippen MR) is 154 cm³/mol. The van der Waals surface area contributed by atoms with Crippen LogP contribution in [0.25, 0.3) is 0 Å². The van der Waals surface area contributed by atoms with Crippen LogP contribution in [-0.4, -0.2) is 78.1 Å². The fourth-order valence-electron chi connectivity index (χ4n) is 9.36. The van der Waals surface area contributed by atoms with Crippen LogP contribution in [0.5, 0.6) is 0 Å². The summed E-state index contributed by atoms with van der Waals surface area (Å²) in [4.78, 5) is 30.0. The van der Waals surface area contributed by atoms with Crippen molar-refractivity contribution in [2.24, 2.45) is 34.0 Å². The van der Waals surface area contributed by atoms with E-state index in [1.165, 1.54) is 12.2 Å². The molecule has 8 nitrogen and oxygen atoms in total. The van der Waals surface area contributed by atoms with Gasteiger partial charge >= 0.3 is 6.09 Å². The first-order valence-corrected chi connectivity index (χ1v) is 16.7. The van der Waals surface area contributed by atoms with Gasteiger partial charge in [0.05, 0.1) is 11.0 Å². The lowest BCUT2D eigenvalue weighted by atomic mass is 9.41. The number of amides is 2. The number of piperazine rings is 1. The Kier molecular flexibility index (Phi) is 6.99. The minimum Gasteiger partial charge on any atom is -0.508 e.